The molecule has 2 rings (SSSR count). The van der Waals surface area contributed by atoms with Crippen molar-refractivity contribution >= 4 is 17.3 Å². The van der Waals surface area contributed by atoms with Crippen molar-refractivity contribution in [3.05, 3.63) is 74.8 Å². The average Bonchev–Trinajstić information content (AvgIpc) is 2.43. The summed E-state index contributed by atoms with van der Waals surface area (Å²) in [7, 11) is 0. The Morgan fingerprint density at radius 2 is 1.81 bits per heavy atom. The predicted octanol–water partition coefficient (Wildman–Crippen LogP) is 4.70. The highest BCUT2D eigenvalue weighted by molar-refractivity contribution is 6.21. The summed E-state index contributed by atoms with van der Waals surface area (Å²) >= 11 is 6.18. The van der Waals surface area contributed by atoms with E-state index >= 15 is 0 Å². The first-order valence-corrected chi connectivity index (χ1v) is 6.65. The van der Waals surface area contributed by atoms with Crippen molar-refractivity contribution in [2.75, 3.05) is 0 Å². The molecule has 0 heterocycles. The van der Waals surface area contributed by atoms with E-state index in [1.165, 1.54) is 25.1 Å². The van der Waals surface area contributed by atoms with E-state index in [-0.39, 0.29) is 11.3 Å². The van der Waals surface area contributed by atoms with Crippen LogP contribution in [0.5, 0.6) is 0 Å². The molecule has 0 aromatic heterocycles. The number of alkyl halides is 1. The fourth-order valence-electron chi connectivity index (χ4n) is 1.99. The first kappa shape index (κ1) is 15.4. The van der Waals surface area contributed by atoms with Crippen LogP contribution in [-0.4, -0.2) is 4.92 Å². The molecule has 0 fully saturated rings. The molecule has 1 unspecified atom stereocenters. The first-order valence-electron chi connectivity index (χ1n) is 6.21. The van der Waals surface area contributed by atoms with Gasteiger partial charge in [0.1, 0.15) is 11.6 Å². The van der Waals surface area contributed by atoms with Gasteiger partial charge in [-0.3, -0.25) is 10.1 Å². The van der Waals surface area contributed by atoms with Gasteiger partial charge in [0.05, 0.1) is 10.3 Å². The highest BCUT2D eigenvalue weighted by Crippen LogP contribution is 2.29. The maximum absolute atomic E-state index is 13.7. The zero-order valence-electron chi connectivity index (χ0n) is 11.1. The van der Waals surface area contributed by atoms with E-state index in [0.717, 1.165) is 11.6 Å². The minimum absolute atomic E-state index is 0.0197. The van der Waals surface area contributed by atoms with Gasteiger partial charge in [-0.2, -0.15) is 0 Å². The van der Waals surface area contributed by atoms with Crippen LogP contribution in [0.25, 0.3) is 0 Å². The molecule has 0 saturated heterocycles. The zero-order chi connectivity index (χ0) is 15.6. The van der Waals surface area contributed by atoms with Crippen molar-refractivity contribution in [1.82, 2.24) is 0 Å². The lowest BCUT2D eigenvalue weighted by Gasteiger charge is -2.12. The molecule has 0 bridgehead atoms. The fourth-order valence-corrected chi connectivity index (χ4v) is 2.34. The van der Waals surface area contributed by atoms with Crippen LogP contribution in [0, 0.1) is 28.7 Å². The van der Waals surface area contributed by atoms with E-state index in [9.17, 15) is 18.9 Å². The Hall–Kier alpha value is -2.01. The van der Waals surface area contributed by atoms with Crippen LogP contribution in [0.15, 0.2) is 36.4 Å². The second-order valence-corrected chi connectivity index (χ2v) is 5.24. The van der Waals surface area contributed by atoms with Crippen LogP contribution in [0.4, 0.5) is 14.5 Å². The van der Waals surface area contributed by atoms with Crippen molar-refractivity contribution in [3.63, 3.8) is 0 Å². The van der Waals surface area contributed by atoms with Gasteiger partial charge in [0.2, 0.25) is 0 Å². The maximum Gasteiger partial charge on any atom is 0.269 e. The molecule has 3 nitrogen and oxygen atoms in total. The smallest absolute Gasteiger partial charge is 0.258 e. The summed E-state index contributed by atoms with van der Waals surface area (Å²) in [5.74, 6) is -1.31. The standard InChI is InChI=1S/C15H12ClF2NO2/c1-9-6-12(15(18)8-14(9)17)13(16)7-10-2-4-11(5-3-10)19(20)21/h2-6,8,13H,7H2,1H3. The molecular formula is C15H12ClF2NO2. The fraction of sp³-hybridized carbons (Fsp3) is 0.200. The minimum Gasteiger partial charge on any atom is -0.258 e. The van der Waals surface area contributed by atoms with Crippen molar-refractivity contribution in [1.29, 1.82) is 0 Å². The minimum atomic E-state index is -0.694. The molecular weight excluding hydrogens is 300 g/mol. The molecule has 0 amide bonds. The number of rotatable bonds is 4. The summed E-state index contributed by atoms with van der Waals surface area (Å²) in [4.78, 5) is 10.1. The number of hydrogen-bond donors (Lipinski definition) is 0. The quantitative estimate of drug-likeness (QED) is 0.466. The lowest BCUT2D eigenvalue weighted by Crippen LogP contribution is -2.01. The Morgan fingerprint density at radius 3 is 2.38 bits per heavy atom. The summed E-state index contributed by atoms with van der Waals surface area (Å²) < 4.78 is 27.0. The molecule has 0 aliphatic carbocycles. The van der Waals surface area contributed by atoms with Crippen LogP contribution in [0.1, 0.15) is 22.1 Å². The Balaban J connectivity index is 2.19. The van der Waals surface area contributed by atoms with E-state index in [2.05, 4.69) is 0 Å². The normalized spacial score (nSPS) is 12.2. The van der Waals surface area contributed by atoms with Gasteiger partial charge in [-0.25, -0.2) is 8.78 Å². The third kappa shape index (κ3) is 3.55. The van der Waals surface area contributed by atoms with Gasteiger partial charge >= 0.3 is 0 Å². The molecule has 2 aromatic rings. The maximum atomic E-state index is 13.7. The SMILES string of the molecule is Cc1cc(C(Cl)Cc2ccc([N+](=O)[O-])cc2)c(F)cc1F. The number of nitrogens with zero attached hydrogens (tertiary/aromatic N) is 1. The Kier molecular flexibility index (Phi) is 4.53. The Labute approximate surface area is 125 Å². The summed E-state index contributed by atoms with van der Waals surface area (Å²) in [5.41, 5.74) is 1.25. The largest absolute Gasteiger partial charge is 0.269 e. The molecule has 2 aromatic carbocycles. The van der Waals surface area contributed by atoms with Crippen LogP contribution >= 0.6 is 11.6 Å². The Morgan fingerprint density at radius 1 is 1.19 bits per heavy atom. The summed E-state index contributed by atoms with van der Waals surface area (Å²) in [5, 5.41) is 9.89. The monoisotopic (exact) mass is 311 g/mol. The van der Waals surface area contributed by atoms with Gasteiger partial charge in [0.25, 0.3) is 5.69 Å². The van der Waals surface area contributed by atoms with Crippen molar-refractivity contribution in [2.24, 2.45) is 0 Å². The summed E-state index contributed by atoms with van der Waals surface area (Å²) in [6, 6.07) is 8.07. The number of benzene rings is 2. The van der Waals surface area contributed by atoms with Crippen molar-refractivity contribution < 1.29 is 13.7 Å². The van der Waals surface area contributed by atoms with Crippen LogP contribution in [-0.2, 0) is 6.42 Å². The zero-order valence-corrected chi connectivity index (χ0v) is 11.9. The molecule has 6 heteroatoms. The second-order valence-electron chi connectivity index (χ2n) is 4.72. The average molecular weight is 312 g/mol. The van der Waals surface area contributed by atoms with Gasteiger partial charge in [-0.1, -0.05) is 12.1 Å². The lowest BCUT2D eigenvalue weighted by atomic mass is 10.0. The second kappa shape index (κ2) is 6.18. The number of hydrogen-bond acceptors (Lipinski definition) is 2. The summed E-state index contributed by atoms with van der Waals surface area (Å²) in [6.07, 6.45) is 0.293. The van der Waals surface area contributed by atoms with Gasteiger partial charge in [-0.05, 0) is 30.5 Å². The van der Waals surface area contributed by atoms with Crippen molar-refractivity contribution in [3.8, 4) is 0 Å². The molecule has 0 N–H and O–H groups in total. The molecule has 0 saturated carbocycles. The Bertz CT molecular complexity index is 674. The highest BCUT2D eigenvalue weighted by Gasteiger charge is 2.16. The van der Waals surface area contributed by atoms with E-state index < -0.39 is 21.9 Å². The molecule has 21 heavy (non-hydrogen) atoms. The van der Waals surface area contributed by atoms with Gasteiger partial charge in [0, 0.05) is 23.8 Å². The number of nitro groups is 1. The van der Waals surface area contributed by atoms with Crippen LogP contribution in [0.2, 0.25) is 0 Å². The number of nitro benzene ring substituents is 1. The van der Waals surface area contributed by atoms with E-state index in [0.29, 0.717) is 12.0 Å². The molecule has 110 valence electrons. The summed E-state index contributed by atoms with van der Waals surface area (Å²) in [6.45, 7) is 1.54. The number of non-ortho nitro benzene ring substituents is 1. The van der Waals surface area contributed by atoms with Crippen LogP contribution in [0.3, 0.4) is 0 Å². The van der Waals surface area contributed by atoms with Gasteiger partial charge < -0.3 is 0 Å². The predicted molar refractivity (Wildman–Crippen MR) is 76.5 cm³/mol. The van der Waals surface area contributed by atoms with Gasteiger partial charge in [0.15, 0.2) is 0 Å². The number of halogens is 3. The first-order chi connectivity index (χ1) is 9.88. The lowest BCUT2D eigenvalue weighted by molar-refractivity contribution is -0.384. The molecule has 0 radical (unpaired) electrons. The molecule has 0 aliphatic heterocycles. The third-order valence-corrected chi connectivity index (χ3v) is 3.57. The van der Waals surface area contributed by atoms with E-state index in [1.54, 1.807) is 12.1 Å². The van der Waals surface area contributed by atoms with Gasteiger partial charge in [-0.15, -0.1) is 11.6 Å². The molecule has 0 aliphatic rings. The number of aryl methyl sites for hydroxylation is 1. The topological polar surface area (TPSA) is 43.1 Å². The molecule has 1 atom stereocenters. The molecule has 0 spiro atoms. The highest BCUT2D eigenvalue weighted by atomic mass is 35.5. The third-order valence-electron chi connectivity index (χ3n) is 3.18. The van der Waals surface area contributed by atoms with E-state index in [1.807, 2.05) is 0 Å². The van der Waals surface area contributed by atoms with Crippen LogP contribution < -0.4 is 0 Å². The van der Waals surface area contributed by atoms with Crippen molar-refractivity contribution in [2.45, 2.75) is 18.7 Å². The van der Waals surface area contributed by atoms with E-state index in [4.69, 9.17) is 11.6 Å².